The second-order valence-electron chi connectivity index (χ2n) is 4.76. The highest BCUT2D eigenvalue weighted by atomic mass is 14.8. The number of aromatic nitrogens is 3. The van der Waals surface area contributed by atoms with Gasteiger partial charge in [0.2, 0.25) is 0 Å². The third-order valence-electron chi connectivity index (χ3n) is 3.13. The monoisotopic (exact) mass is 237 g/mol. The van der Waals surface area contributed by atoms with Gasteiger partial charge in [0.25, 0.3) is 0 Å². The number of rotatable bonds is 2. The predicted octanol–water partition coefficient (Wildman–Crippen LogP) is 3.75. The van der Waals surface area contributed by atoms with E-state index in [1.807, 2.05) is 6.20 Å². The van der Waals surface area contributed by atoms with E-state index >= 15 is 0 Å². The van der Waals surface area contributed by atoms with E-state index in [0.29, 0.717) is 5.92 Å². The highest BCUT2D eigenvalue weighted by Gasteiger charge is 2.06. The summed E-state index contributed by atoms with van der Waals surface area (Å²) in [4.78, 5) is 11.9. The Hall–Kier alpha value is -2.16. The minimum atomic E-state index is 0.418. The minimum Gasteiger partial charge on any atom is -0.361 e. The number of benzene rings is 1. The molecule has 3 aromatic rings. The van der Waals surface area contributed by atoms with Crippen LogP contribution in [0.5, 0.6) is 0 Å². The van der Waals surface area contributed by atoms with Gasteiger partial charge >= 0.3 is 0 Å². The first-order valence-corrected chi connectivity index (χ1v) is 6.13. The quantitative estimate of drug-likeness (QED) is 0.737. The van der Waals surface area contributed by atoms with Crippen molar-refractivity contribution in [3.63, 3.8) is 0 Å². The first kappa shape index (κ1) is 11.0. The first-order valence-electron chi connectivity index (χ1n) is 6.13. The molecule has 0 unspecified atom stereocenters. The molecule has 2 aromatic heterocycles. The number of hydrogen-bond acceptors (Lipinski definition) is 2. The lowest BCUT2D eigenvalue weighted by atomic mass is 10.1. The summed E-state index contributed by atoms with van der Waals surface area (Å²) in [5, 5.41) is 1.22. The number of aromatic amines is 1. The smallest absolute Gasteiger partial charge is 0.116 e. The van der Waals surface area contributed by atoms with Crippen LogP contribution in [0.15, 0.2) is 42.9 Å². The van der Waals surface area contributed by atoms with Crippen molar-refractivity contribution in [2.75, 3.05) is 0 Å². The van der Waals surface area contributed by atoms with Gasteiger partial charge in [-0.1, -0.05) is 26.0 Å². The molecule has 0 saturated heterocycles. The fourth-order valence-electron chi connectivity index (χ4n) is 2.05. The molecule has 0 amide bonds. The fraction of sp³-hybridized carbons (Fsp3) is 0.200. The molecule has 18 heavy (non-hydrogen) atoms. The lowest BCUT2D eigenvalue weighted by Gasteiger charge is -2.06. The second-order valence-corrected chi connectivity index (χ2v) is 4.76. The largest absolute Gasteiger partial charge is 0.361 e. The molecule has 0 fully saturated rings. The molecule has 0 aliphatic heterocycles. The van der Waals surface area contributed by atoms with Crippen LogP contribution in [0, 0.1) is 0 Å². The predicted molar refractivity (Wildman–Crippen MR) is 73.4 cm³/mol. The molecule has 0 saturated carbocycles. The SMILES string of the molecule is CC(C)c1cc(-c2ccc3cc[nH]c3c2)ncn1. The van der Waals surface area contributed by atoms with Crippen molar-refractivity contribution in [2.24, 2.45) is 0 Å². The third-order valence-corrected chi connectivity index (χ3v) is 3.13. The van der Waals surface area contributed by atoms with Gasteiger partial charge in [-0.05, 0) is 29.5 Å². The van der Waals surface area contributed by atoms with E-state index in [1.165, 1.54) is 5.39 Å². The van der Waals surface area contributed by atoms with Gasteiger partial charge in [-0.3, -0.25) is 0 Å². The van der Waals surface area contributed by atoms with E-state index in [9.17, 15) is 0 Å². The molecule has 0 atom stereocenters. The standard InChI is InChI=1S/C15H15N3/c1-10(2)13-8-15(18-9-17-13)12-4-3-11-5-6-16-14(11)7-12/h3-10,16H,1-2H3. The summed E-state index contributed by atoms with van der Waals surface area (Å²) in [7, 11) is 0. The Morgan fingerprint density at radius 1 is 1.06 bits per heavy atom. The average molecular weight is 237 g/mol. The summed E-state index contributed by atoms with van der Waals surface area (Å²) in [6, 6.07) is 10.5. The Labute approximate surface area is 106 Å². The Kier molecular flexibility index (Phi) is 2.59. The first-order chi connectivity index (χ1) is 8.74. The molecule has 0 bridgehead atoms. The molecule has 3 heteroatoms. The minimum absolute atomic E-state index is 0.418. The number of nitrogens with zero attached hydrogens (tertiary/aromatic N) is 2. The molecule has 3 rings (SSSR count). The normalized spacial score (nSPS) is 11.3. The Balaban J connectivity index is 2.10. The summed E-state index contributed by atoms with van der Waals surface area (Å²) in [6.45, 7) is 4.28. The molecule has 2 heterocycles. The molecule has 0 radical (unpaired) electrons. The van der Waals surface area contributed by atoms with Crippen molar-refractivity contribution in [2.45, 2.75) is 19.8 Å². The van der Waals surface area contributed by atoms with Crippen LogP contribution in [0.1, 0.15) is 25.5 Å². The number of hydrogen-bond donors (Lipinski definition) is 1. The lowest BCUT2D eigenvalue weighted by molar-refractivity contribution is 0.815. The van der Waals surface area contributed by atoms with Crippen LogP contribution >= 0.6 is 0 Å². The molecule has 3 nitrogen and oxygen atoms in total. The maximum Gasteiger partial charge on any atom is 0.116 e. The summed E-state index contributed by atoms with van der Waals surface area (Å²) in [5.41, 5.74) is 4.31. The van der Waals surface area contributed by atoms with E-state index in [2.05, 4.69) is 59.1 Å². The van der Waals surface area contributed by atoms with Gasteiger partial charge in [0.05, 0.1) is 5.69 Å². The maximum absolute atomic E-state index is 4.36. The average Bonchev–Trinajstić information content (AvgIpc) is 2.86. The zero-order chi connectivity index (χ0) is 12.5. The van der Waals surface area contributed by atoms with E-state index in [1.54, 1.807) is 6.33 Å². The summed E-state index contributed by atoms with van der Waals surface area (Å²) < 4.78 is 0. The van der Waals surface area contributed by atoms with Gasteiger partial charge < -0.3 is 4.98 Å². The van der Waals surface area contributed by atoms with Gasteiger partial charge in [0.15, 0.2) is 0 Å². The molecule has 0 aliphatic rings. The van der Waals surface area contributed by atoms with Gasteiger partial charge in [-0.25, -0.2) is 9.97 Å². The van der Waals surface area contributed by atoms with E-state index in [4.69, 9.17) is 0 Å². The Morgan fingerprint density at radius 3 is 2.78 bits per heavy atom. The van der Waals surface area contributed by atoms with Crippen LogP contribution in [0.4, 0.5) is 0 Å². The highest BCUT2D eigenvalue weighted by Crippen LogP contribution is 2.23. The Bertz CT molecular complexity index is 683. The van der Waals surface area contributed by atoms with Crippen molar-refractivity contribution in [3.8, 4) is 11.3 Å². The number of H-pyrrole nitrogens is 1. The summed E-state index contributed by atoms with van der Waals surface area (Å²) in [5.74, 6) is 0.418. The Morgan fingerprint density at radius 2 is 1.94 bits per heavy atom. The molecule has 1 aromatic carbocycles. The van der Waals surface area contributed by atoms with Crippen LogP contribution in [-0.2, 0) is 0 Å². The van der Waals surface area contributed by atoms with Gasteiger partial charge in [0, 0.05) is 23.0 Å². The fourth-order valence-corrected chi connectivity index (χ4v) is 2.05. The van der Waals surface area contributed by atoms with Crippen molar-refractivity contribution in [3.05, 3.63) is 48.5 Å². The topological polar surface area (TPSA) is 41.6 Å². The molecular weight excluding hydrogens is 222 g/mol. The van der Waals surface area contributed by atoms with Crippen molar-refractivity contribution in [1.82, 2.24) is 15.0 Å². The van der Waals surface area contributed by atoms with Crippen molar-refractivity contribution >= 4 is 10.9 Å². The molecular formula is C15H15N3. The van der Waals surface area contributed by atoms with E-state index in [0.717, 1.165) is 22.5 Å². The van der Waals surface area contributed by atoms with Crippen LogP contribution in [0.25, 0.3) is 22.2 Å². The summed E-state index contributed by atoms with van der Waals surface area (Å²) in [6.07, 6.45) is 3.59. The van der Waals surface area contributed by atoms with Crippen LogP contribution in [0.2, 0.25) is 0 Å². The second kappa shape index (κ2) is 4.26. The zero-order valence-electron chi connectivity index (χ0n) is 10.5. The molecule has 0 spiro atoms. The maximum atomic E-state index is 4.36. The summed E-state index contributed by atoms with van der Waals surface area (Å²) >= 11 is 0. The van der Waals surface area contributed by atoms with Crippen LogP contribution in [0.3, 0.4) is 0 Å². The molecule has 90 valence electrons. The van der Waals surface area contributed by atoms with E-state index < -0.39 is 0 Å². The van der Waals surface area contributed by atoms with Crippen LogP contribution in [-0.4, -0.2) is 15.0 Å². The van der Waals surface area contributed by atoms with Gasteiger partial charge in [-0.15, -0.1) is 0 Å². The van der Waals surface area contributed by atoms with Gasteiger partial charge in [-0.2, -0.15) is 0 Å². The molecule has 0 aliphatic carbocycles. The van der Waals surface area contributed by atoms with Crippen LogP contribution < -0.4 is 0 Å². The number of nitrogens with one attached hydrogen (secondary N) is 1. The van der Waals surface area contributed by atoms with Crippen molar-refractivity contribution < 1.29 is 0 Å². The number of fused-ring (bicyclic) bond motifs is 1. The van der Waals surface area contributed by atoms with Crippen molar-refractivity contribution in [1.29, 1.82) is 0 Å². The molecule has 1 N–H and O–H groups in total. The van der Waals surface area contributed by atoms with E-state index in [-0.39, 0.29) is 0 Å². The van der Waals surface area contributed by atoms with Gasteiger partial charge in [0.1, 0.15) is 6.33 Å². The third kappa shape index (κ3) is 1.88. The zero-order valence-corrected chi connectivity index (χ0v) is 10.5. The highest BCUT2D eigenvalue weighted by molar-refractivity contribution is 5.84. The lowest BCUT2D eigenvalue weighted by Crippen LogP contribution is -1.94.